The lowest BCUT2D eigenvalue weighted by molar-refractivity contribution is -0.131. The molecule has 1 fully saturated rings. The number of nitrogens with zero attached hydrogens (tertiary/aromatic N) is 1. The van der Waals surface area contributed by atoms with Gasteiger partial charge in [-0.1, -0.05) is 72.8 Å². The Morgan fingerprint density at radius 1 is 0.853 bits per heavy atom. The number of nitrogens with one attached hydrogen (secondary N) is 2. The third-order valence-electron chi connectivity index (χ3n) is 6.19. The minimum atomic E-state index is -1.16. The topological polar surface area (TPSA) is 78.5 Å². The Morgan fingerprint density at radius 3 is 2.29 bits per heavy atom. The number of hydrogen-bond acceptors (Lipinski definition) is 3. The Balaban J connectivity index is 1.34. The molecule has 0 unspecified atom stereocenters. The SMILES string of the molecule is C[C@@]1(c2cccc3ccccc23)NC(=O)N(Cc2ccc(C(=O)Nc3ccccc3)cc2)C1=O. The molecule has 0 spiro atoms. The highest BCUT2D eigenvalue weighted by molar-refractivity contribution is 6.09. The zero-order valence-electron chi connectivity index (χ0n) is 18.6. The molecule has 1 aliphatic rings. The smallest absolute Gasteiger partial charge is 0.322 e. The average Bonchev–Trinajstić information content (AvgIpc) is 3.08. The second-order valence-electron chi connectivity index (χ2n) is 8.49. The molecule has 6 heteroatoms. The van der Waals surface area contributed by atoms with E-state index < -0.39 is 11.6 Å². The second kappa shape index (κ2) is 8.48. The van der Waals surface area contributed by atoms with E-state index >= 15 is 0 Å². The summed E-state index contributed by atoms with van der Waals surface area (Å²) in [7, 11) is 0. The fraction of sp³-hybridized carbons (Fsp3) is 0.107. The molecule has 4 aromatic carbocycles. The molecule has 0 aliphatic carbocycles. The predicted octanol–water partition coefficient (Wildman–Crippen LogP) is 5.06. The predicted molar refractivity (Wildman–Crippen MR) is 131 cm³/mol. The minimum absolute atomic E-state index is 0.117. The van der Waals surface area contributed by atoms with Gasteiger partial charge in [0.15, 0.2) is 0 Å². The highest BCUT2D eigenvalue weighted by Gasteiger charge is 2.49. The van der Waals surface area contributed by atoms with Crippen molar-refractivity contribution in [1.82, 2.24) is 10.2 Å². The maximum atomic E-state index is 13.4. The van der Waals surface area contributed by atoms with Crippen LogP contribution < -0.4 is 10.6 Å². The summed E-state index contributed by atoms with van der Waals surface area (Å²) in [5, 5.41) is 7.66. The molecular weight excluding hydrogens is 426 g/mol. The van der Waals surface area contributed by atoms with Gasteiger partial charge in [-0.05, 0) is 53.1 Å². The van der Waals surface area contributed by atoms with Gasteiger partial charge in [0.05, 0.1) is 6.54 Å². The van der Waals surface area contributed by atoms with Crippen molar-refractivity contribution in [2.75, 3.05) is 5.32 Å². The van der Waals surface area contributed by atoms with E-state index in [2.05, 4.69) is 10.6 Å². The van der Waals surface area contributed by atoms with Gasteiger partial charge in [0.25, 0.3) is 11.8 Å². The number of carbonyl (C=O) groups is 3. The third-order valence-corrected chi connectivity index (χ3v) is 6.19. The fourth-order valence-corrected chi connectivity index (χ4v) is 4.35. The molecule has 4 amide bonds. The van der Waals surface area contributed by atoms with Crippen LogP contribution in [0, 0.1) is 0 Å². The van der Waals surface area contributed by atoms with E-state index in [1.54, 1.807) is 31.2 Å². The van der Waals surface area contributed by atoms with Crippen LogP contribution in [-0.2, 0) is 16.9 Å². The molecule has 34 heavy (non-hydrogen) atoms. The van der Waals surface area contributed by atoms with Crippen molar-refractivity contribution < 1.29 is 14.4 Å². The number of carbonyl (C=O) groups excluding carboxylic acids is 3. The Labute approximate surface area is 197 Å². The van der Waals surface area contributed by atoms with Crippen molar-refractivity contribution in [2.24, 2.45) is 0 Å². The Morgan fingerprint density at radius 2 is 1.53 bits per heavy atom. The van der Waals surface area contributed by atoms with Crippen molar-refractivity contribution in [2.45, 2.75) is 19.0 Å². The average molecular weight is 450 g/mol. The van der Waals surface area contributed by atoms with Gasteiger partial charge in [-0.2, -0.15) is 0 Å². The molecule has 168 valence electrons. The molecule has 1 aliphatic heterocycles. The van der Waals surface area contributed by atoms with Gasteiger partial charge in [0.1, 0.15) is 5.54 Å². The van der Waals surface area contributed by atoms with Gasteiger partial charge in [-0.3, -0.25) is 14.5 Å². The molecule has 0 aromatic heterocycles. The van der Waals surface area contributed by atoms with Crippen molar-refractivity contribution in [3.05, 3.63) is 114 Å². The molecule has 1 heterocycles. The molecule has 2 N–H and O–H groups in total. The van der Waals surface area contributed by atoms with E-state index in [1.165, 1.54) is 4.90 Å². The van der Waals surface area contributed by atoms with Crippen molar-refractivity contribution in [3.63, 3.8) is 0 Å². The lowest BCUT2D eigenvalue weighted by Crippen LogP contribution is -2.41. The lowest BCUT2D eigenvalue weighted by atomic mass is 9.88. The third kappa shape index (κ3) is 3.79. The molecule has 4 aromatic rings. The van der Waals surface area contributed by atoms with Crippen molar-refractivity contribution in [3.8, 4) is 0 Å². The van der Waals surface area contributed by atoms with Crippen LogP contribution in [0.5, 0.6) is 0 Å². The van der Waals surface area contributed by atoms with E-state index in [0.29, 0.717) is 11.3 Å². The summed E-state index contributed by atoms with van der Waals surface area (Å²) >= 11 is 0. The van der Waals surface area contributed by atoms with E-state index in [9.17, 15) is 14.4 Å². The molecule has 6 nitrogen and oxygen atoms in total. The van der Waals surface area contributed by atoms with Crippen molar-refractivity contribution in [1.29, 1.82) is 0 Å². The summed E-state index contributed by atoms with van der Waals surface area (Å²) in [5.74, 6) is -0.531. The summed E-state index contributed by atoms with van der Waals surface area (Å²) in [6, 6.07) is 29.2. The summed E-state index contributed by atoms with van der Waals surface area (Å²) in [6.07, 6.45) is 0. The molecule has 5 rings (SSSR count). The van der Waals surface area contributed by atoms with Gasteiger partial charge >= 0.3 is 6.03 Å². The maximum Gasteiger partial charge on any atom is 0.325 e. The number of rotatable bonds is 5. The van der Waals surface area contributed by atoms with Crippen LogP contribution in [0.1, 0.15) is 28.4 Å². The Hall–Kier alpha value is -4.45. The Bertz CT molecular complexity index is 1390. The van der Waals surface area contributed by atoms with Crippen LogP contribution in [0.2, 0.25) is 0 Å². The lowest BCUT2D eigenvalue weighted by Gasteiger charge is -2.24. The number of hydrogen-bond donors (Lipinski definition) is 2. The molecule has 0 saturated carbocycles. The molecule has 1 atom stereocenters. The summed E-state index contributed by atoms with van der Waals surface area (Å²) < 4.78 is 0. The van der Waals surface area contributed by atoms with Crippen LogP contribution in [-0.4, -0.2) is 22.7 Å². The largest absolute Gasteiger partial charge is 0.325 e. The number of benzene rings is 4. The van der Waals surface area contributed by atoms with Crippen LogP contribution in [0.4, 0.5) is 10.5 Å². The first-order valence-corrected chi connectivity index (χ1v) is 11.0. The zero-order chi connectivity index (χ0) is 23.7. The normalized spacial score (nSPS) is 17.6. The number of fused-ring (bicyclic) bond motifs is 1. The summed E-state index contributed by atoms with van der Waals surface area (Å²) in [5.41, 5.74) is 1.56. The van der Waals surface area contributed by atoms with Gasteiger partial charge in [0, 0.05) is 11.3 Å². The number of amides is 4. The summed E-state index contributed by atoms with van der Waals surface area (Å²) in [6.45, 7) is 1.86. The van der Waals surface area contributed by atoms with Crippen LogP contribution in [0.3, 0.4) is 0 Å². The Kier molecular flexibility index (Phi) is 5.34. The van der Waals surface area contributed by atoms with Crippen LogP contribution in [0.25, 0.3) is 10.8 Å². The van der Waals surface area contributed by atoms with E-state index in [-0.39, 0.29) is 18.4 Å². The van der Waals surface area contributed by atoms with Crippen LogP contribution >= 0.6 is 0 Å². The standard InChI is InChI=1S/C28H23N3O3/c1-28(24-13-7-9-20-8-5-6-12-23(20)24)26(33)31(27(34)30-28)18-19-14-16-21(17-15-19)25(32)29-22-10-3-2-4-11-22/h2-17H,18H2,1H3,(H,29,32)(H,30,34)/t28-/m0/s1. The zero-order valence-corrected chi connectivity index (χ0v) is 18.6. The molecular formula is C28H23N3O3. The number of anilines is 1. The quantitative estimate of drug-likeness (QED) is 0.418. The number of para-hydroxylation sites is 1. The highest BCUT2D eigenvalue weighted by atomic mass is 16.2. The van der Waals surface area contributed by atoms with Crippen LogP contribution in [0.15, 0.2) is 97.1 Å². The fourth-order valence-electron chi connectivity index (χ4n) is 4.35. The maximum absolute atomic E-state index is 13.4. The molecule has 0 bridgehead atoms. The van der Waals surface area contributed by atoms with E-state index in [0.717, 1.165) is 21.9 Å². The first-order valence-electron chi connectivity index (χ1n) is 11.0. The first kappa shape index (κ1) is 21.4. The minimum Gasteiger partial charge on any atom is -0.322 e. The monoisotopic (exact) mass is 449 g/mol. The van der Waals surface area contributed by atoms with Gasteiger partial charge < -0.3 is 10.6 Å². The first-order chi connectivity index (χ1) is 16.5. The van der Waals surface area contributed by atoms with Gasteiger partial charge in [-0.15, -0.1) is 0 Å². The van der Waals surface area contributed by atoms with E-state index in [1.807, 2.05) is 72.8 Å². The number of urea groups is 1. The van der Waals surface area contributed by atoms with Gasteiger partial charge in [0.2, 0.25) is 0 Å². The molecule has 1 saturated heterocycles. The van der Waals surface area contributed by atoms with Gasteiger partial charge in [-0.25, -0.2) is 4.79 Å². The highest BCUT2D eigenvalue weighted by Crippen LogP contribution is 2.34. The number of imide groups is 1. The molecule has 0 radical (unpaired) electrons. The van der Waals surface area contributed by atoms with Crippen molar-refractivity contribution >= 4 is 34.3 Å². The summed E-state index contributed by atoms with van der Waals surface area (Å²) in [4.78, 5) is 40.0. The second-order valence-corrected chi connectivity index (χ2v) is 8.49. The van der Waals surface area contributed by atoms with E-state index in [4.69, 9.17) is 0 Å².